The van der Waals surface area contributed by atoms with Crippen LogP contribution in [0.3, 0.4) is 0 Å². The number of benzene rings is 1. The summed E-state index contributed by atoms with van der Waals surface area (Å²) in [6.07, 6.45) is 2.81. The molecule has 1 atom stereocenters. The Morgan fingerprint density at radius 2 is 2.15 bits per heavy atom. The van der Waals surface area contributed by atoms with Crippen molar-refractivity contribution in [3.8, 4) is 0 Å². The molecule has 8 nitrogen and oxygen atoms in total. The van der Waals surface area contributed by atoms with E-state index in [1.807, 2.05) is 6.92 Å². The van der Waals surface area contributed by atoms with Crippen molar-refractivity contribution < 1.29 is 13.2 Å². The molecule has 146 valence electrons. The largest absolute Gasteiger partial charge is 0.355 e. The van der Waals surface area contributed by atoms with Crippen molar-refractivity contribution >= 4 is 27.7 Å². The van der Waals surface area contributed by atoms with Gasteiger partial charge in [-0.05, 0) is 31.9 Å². The highest BCUT2D eigenvalue weighted by Gasteiger charge is 2.33. The third kappa shape index (κ3) is 5.08. The summed E-state index contributed by atoms with van der Waals surface area (Å²) in [5.74, 6) is 0.241. The molecular formula is C17H23N5O3S2. The molecule has 1 fully saturated rings. The highest BCUT2D eigenvalue weighted by Crippen LogP contribution is 2.24. The maximum absolute atomic E-state index is 12.8. The molecule has 1 aliphatic rings. The van der Waals surface area contributed by atoms with E-state index >= 15 is 0 Å². The number of carbonyl (C=O) groups excluding carboxylic acids is 1. The van der Waals surface area contributed by atoms with Crippen LogP contribution in [0.25, 0.3) is 0 Å². The van der Waals surface area contributed by atoms with Crippen molar-refractivity contribution in [3.05, 3.63) is 36.2 Å². The number of sulfonamides is 1. The molecule has 0 radical (unpaired) electrons. The van der Waals surface area contributed by atoms with Gasteiger partial charge in [0.2, 0.25) is 15.9 Å². The van der Waals surface area contributed by atoms with E-state index in [2.05, 4.69) is 20.5 Å². The molecule has 1 aromatic carbocycles. The van der Waals surface area contributed by atoms with E-state index < -0.39 is 10.0 Å². The third-order valence-corrected chi connectivity index (χ3v) is 7.20. The average molecular weight is 410 g/mol. The zero-order valence-electron chi connectivity index (χ0n) is 15.1. The first-order chi connectivity index (χ1) is 13.0. The Kier molecular flexibility index (Phi) is 6.51. The molecule has 27 heavy (non-hydrogen) atoms. The predicted octanol–water partition coefficient (Wildman–Crippen LogP) is 1.42. The standard InChI is InChI=1S/C17H23N5O3S2/c1-13-4-6-15(7-5-13)27(24,25)22-9-2-3-14(11-22)16(23)18-8-10-26-17-19-12-20-21-17/h4-7,12,14H,2-3,8-11H2,1H3,(H,18,23)(H,19,20,21)/t14-/m1/s1. The summed E-state index contributed by atoms with van der Waals surface area (Å²) in [4.78, 5) is 16.7. The first-order valence-electron chi connectivity index (χ1n) is 8.79. The van der Waals surface area contributed by atoms with E-state index in [1.54, 1.807) is 24.3 Å². The molecule has 2 aromatic rings. The number of aryl methyl sites for hydroxylation is 1. The normalized spacial score (nSPS) is 18.3. The number of hydrogen-bond donors (Lipinski definition) is 2. The summed E-state index contributed by atoms with van der Waals surface area (Å²) in [5.41, 5.74) is 1.01. The van der Waals surface area contributed by atoms with Gasteiger partial charge in [0.05, 0.1) is 10.8 Å². The minimum Gasteiger partial charge on any atom is -0.355 e. The number of thioether (sulfide) groups is 1. The van der Waals surface area contributed by atoms with Gasteiger partial charge in [0.15, 0.2) is 5.16 Å². The van der Waals surface area contributed by atoms with Crippen LogP contribution >= 0.6 is 11.8 Å². The minimum absolute atomic E-state index is 0.100. The summed E-state index contributed by atoms with van der Waals surface area (Å²) in [6.45, 7) is 3.07. The molecule has 0 unspecified atom stereocenters. The maximum atomic E-state index is 12.8. The van der Waals surface area contributed by atoms with Crippen molar-refractivity contribution in [3.63, 3.8) is 0 Å². The zero-order chi connectivity index (χ0) is 19.3. The van der Waals surface area contributed by atoms with E-state index in [0.29, 0.717) is 36.8 Å². The fraction of sp³-hybridized carbons (Fsp3) is 0.471. The van der Waals surface area contributed by atoms with Gasteiger partial charge in [0.25, 0.3) is 0 Å². The average Bonchev–Trinajstić information content (AvgIpc) is 3.19. The smallest absolute Gasteiger partial charge is 0.243 e. The van der Waals surface area contributed by atoms with Crippen LogP contribution in [-0.4, -0.2) is 59.2 Å². The molecule has 2 heterocycles. The number of hydrogen-bond acceptors (Lipinski definition) is 6. The number of piperidine rings is 1. The Bertz CT molecular complexity index is 853. The van der Waals surface area contributed by atoms with Crippen LogP contribution in [0.15, 0.2) is 40.6 Å². The van der Waals surface area contributed by atoms with Gasteiger partial charge >= 0.3 is 0 Å². The molecule has 1 amide bonds. The fourth-order valence-electron chi connectivity index (χ4n) is 2.96. The Hall–Kier alpha value is -1.91. The first-order valence-corrected chi connectivity index (χ1v) is 11.2. The third-order valence-electron chi connectivity index (χ3n) is 4.45. The Morgan fingerprint density at radius 3 is 2.85 bits per heavy atom. The second-order valence-electron chi connectivity index (χ2n) is 6.45. The van der Waals surface area contributed by atoms with Crippen LogP contribution in [-0.2, 0) is 14.8 Å². The van der Waals surface area contributed by atoms with Crippen molar-refractivity contribution in [2.24, 2.45) is 5.92 Å². The van der Waals surface area contributed by atoms with E-state index in [9.17, 15) is 13.2 Å². The second kappa shape index (κ2) is 8.85. The lowest BCUT2D eigenvalue weighted by Gasteiger charge is -2.31. The quantitative estimate of drug-likeness (QED) is 0.529. The minimum atomic E-state index is -3.57. The number of aromatic nitrogens is 3. The van der Waals surface area contributed by atoms with Crippen molar-refractivity contribution in [2.45, 2.75) is 29.8 Å². The molecule has 0 bridgehead atoms. The number of H-pyrrole nitrogens is 1. The molecule has 10 heteroatoms. The van der Waals surface area contributed by atoms with E-state index in [-0.39, 0.29) is 23.3 Å². The number of nitrogens with zero attached hydrogens (tertiary/aromatic N) is 3. The Balaban J connectivity index is 1.53. The van der Waals surface area contributed by atoms with Crippen LogP contribution < -0.4 is 5.32 Å². The van der Waals surface area contributed by atoms with Crippen molar-refractivity contribution in [1.82, 2.24) is 24.8 Å². The molecule has 2 N–H and O–H groups in total. The van der Waals surface area contributed by atoms with Crippen LogP contribution in [0.4, 0.5) is 0 Å². The second-order valence-corrected chi connectivity index (χ2v) is 9.47. The number of carbonyl (C=O) groups is 1. The van der Waals surface area contributed by atoms with Crippen LogP contribution in [0.5, 0.6) is 0 Å². The molecular weight excluding hydrogens is 386 g/mol. The molecule has 3 rings (SSSR count). The van der Waals surface area contributed by atoms with Crippen LogP contribution in [0, 0.1) is 12.8 Å². The summed E-state index contributed by atoms with van der Waals surface area (Å²) < 4.78 is 27.1. The summed E-state index contributed by atoms with van der Waals surface area (Å²) in [5, 5.41) is 10.1. The Morgan fingerprint density at radius 1 is 1.37 bits per heavy atom. The fourth-order valence-corrected chi connectivity index (χ4v) is 5.12. The molecule has 1 aromatic heterocycles. The van der Waals surface area contributed by atoms with Gasteiger partial charge < -0.3 is 5.32 Å². The number of aromatic amines is 1. The maximum Gasteiger partial charge on any atom is 0.243 e. The molecule has 0 aliphatic carbocycles. The van der Waals surface area contributed by atoms with Crippen molar-refractivity contribution in [2.75, 3.05) is 25.4 Å². The molecule has 0 spiro atoms. The lowest BCUT2D eigenvalue weighted by molar-refractivity contribution is -0.125. The number of amides is 1. The van der Waals surface area contributed by atoms with Gasteiger partial charge in [0.1, 0.15) is 6.33 Å². The summed E-state index contributed by atoms with van der Waals surface area (Å²) in [7, 11) is -3.57. The van der Waals surface area contributed by atoms with Gasteiger partial charge in [-0.15, -0.1) is 0 Å². The molecule has 1 aliphatic heterocycles. The molecule has 1 saturated heterocycles. The predicted molar refractivity (Wildman–Crippen MR) is 103 cm³/mol. The van der Waals surface area contributed by atoms with Gasteiger partial charge in [-0.3, -0.25) is 9.89 Å². The highest BCUT2D eigenvalue weighted by molar-refractivity contribution is 7.99. The van der Waals surface area contributed by atoms with E-state index in [0.717, 1.165) is 5.56 Å². The van der Waals surface area contributed by atoms with Gasteiger partial charge in [-0.2, -0.15) is 9.40 Å². The first kappa shape index (κ1) is 19.8. The highest BCUT2D eigenvalue weighted by atomic mass is 32.2. The number of rotatable bonds is 7. The lowest BCUT2D eigenvalue weighted by atomic mass is 9.99. The summed E-state index contributed by atoms with van der Waals surface area (Å²) in [6, 6.07) is 6.81. The van der Waals surface area contributed by atoms with Crippen molar-refractivity contribution in [1.29, 1.82) is 0 Å². The topological polar surface area (TPSA) is 108 Å². The van der Waals surface area contributed by atoms with E-state index in [4.69, 9.17) is 0 Å². The summed E-state index contributed by atoms with van der Waals surface area (Å²) >= 11 is 1.47. The van der Waals surface area contributed by atoms with Gasteiger partial charge in [0, 0.05) is 25.4 Å². The zero-order valence-corrected chi connectivity index (χ0v) is 16.7. The monoisotopic (exact) mass is 409 g/mol. The lowest BCUT2D eigenvalue weighted by Crippen LogP contribution is -2.45. The number of nitrogens with one attached hydrogen (secondary N) is 2. The SMILES string of the molecule is Cc1ccc(S(=O)(=O)N2CCC[C@@H](C(=O)NCCSc3ncn[nH]3)C2)cc1. The van der Waals surface area contributed by atoms with Gasteiger partial charge in [-0.1, -0.05) is 29.5 Å². The molecule has 0 saturated carbocycles. The van der Waals surface area contributed by atoms with E-state index in [1.165, 1.54) is 22.4 Å². The van der Waals surface area contributed by atoms with Gasteiger partial charge in [-0.25, -0.2) is 13.4 Å². The van der Waals surface area contributed by atoms with Crippen LogP contribution in [0.1, 0.15) is 18.4 Å². The van der Waals surface area contributed by atoms with Crippen LogP contribution in [0.2, 0.25) is 0 Å². The Labute approximate surface area is 163 Å².